The first-order valence-electron chi connectivity index (χ1n) is 6.20. The molecule has 0 aromatic carbocycles. The molecular weight excluding hydrogens is 280 g/mol. The molecule has 1 saturated carbocycles. The number of nitrogens with one attached hydrogen (secondary N) is 1. The van der Waals surface area contributed by atoms with Crippen molar-refractivity contribution < 1.29 is 8.42 Å². The summed E-state index contributed by atoms with van der Waals surface area (Å²) in [5.41, 5.74) is 6.41. The largest absolute Gasteiger partial charge is 0.368 e. The monoisotopic (exact) mass is 296 g/mol. The minimum atomic E-state index is -3.38. The summed E-state index contributed by atoms with van der Waals surface area (Å²) in [6, 6.07) is 1.96. The molecular formula is C11H16N6O2S. The number of aromatic nitrogens is 3. The first-order valence-corrected chi connectivity index (χ1v) is 8.09. The van der Waals surface area contributed by atoms with Gasteiger partial charge in [0.15, 0.2) is 5.82 Å². The van der Waals surface area contributed by atoms with Crippen molar-refractivity contribution in [3.63, 3.8) is 0 Å². The van der Waals surface area contributed by atoms with Crippen LogP contribution in [0.3, 0.4) is 0 Å². The Morgan fingerprint density at radius 1 is 1.45 bits per heavy atom. The average Bonchev–Trinajstić information content (AvgIpc) is 3.11. The molecule has 2 aromatic rings. The Labute approximate surface area is 116 Å². The number of aryl methyl sites for hydroxylation is 1. The van der Waals surface area contributed by atoms with E-state index in [2.05, 4.69) is 14.8 Å². The number of nitrogens with two attached hydrogens (primary N) is 1. The van der Waals surface area contributed by atoms with Crippen LogP contribution in [0.15, 0.2) is 12.3 Å². The van der Waals surface area contributed by atoms with Crippen LogP contribution in [-0.4, -0.2) is 35.3 Å². The van der Waals surface area contributed by atoms with Gasteiger partial charge in [-0.2, -0.15) is 9.97 Å². The van der Waals surface area contributed by atoms with Gasteiger partial charge in [-0.25, -0.2) is 8.42 Å². The molecule has 0 unspecified atom stereocenters. The van der Waals surface area contributed by atoms with Gasteiger partial charge in [0.05, 0.1) is 11.6 Å². The lowest BCUT2D eigenvalue weighted by atomic mass is 10.3. The standard InChI is InChI=1S/C11H16N6O2S/c1-16-6-5-8-9(16)13-11(12)14-10(8)17(7-3-4-7)15-20(2,18)19/h5-7,15H,3-4H2,1-2H3,(H2,12,13,14). The summed E-state index contributed by atoms with van der Waals surface area (Å²) in [5, 5.41) is 2.35. The SMILES string of the molecule is Cn1ccc2c(N(NS(C)(=O)=O)C3CC3)nc(N)nc21. The Balaban J connectivity index is 2.15. The maximum absolute atomic E-state index is 11.5. The maximum atomic E-state index is 11.5. The highest BCUT2D eigenvalue weighted by Gasteiger charge is 2.33. The van der Waals surface area contributed by atoms with Crippen molar-refractivity contribution in [2.75, 3.05) is 17.0 Å². The predicted molar refractivity (Wildman–Crippen MR) is 76.4 cm³/mol. The van der Waals surface area contributed by atoms with Gasteiger partial charge < -0.3 is 10.3 Å². The van der Waals surface area contributed by atoms with Gasteiger partial charge in [-0.1, -0.05) is 0 Å². The van der Waals surface area contributed by atoms with E-state index in [-0.39, 0.29) is 12.0 Å². The summed E-state index contributed by atoms with van der Waals surface area (Å²) < 4.78 is 24.9. The zero-order chi connectivity index (χ0) is 14.5. The van der Waals surface area contributed by atoms with Gasteiger partial charge in [0.1, 0.15) is 5.65 Å². The lowest BCUT2D eigenvalue weighted by molar-refractivity contribution is 0.579. The quantitative estimate of drug-likeness (QED) is 0.768. The number of anilines is 2. The van der Waals surface area contributed by atoms with Crippen LogP contribution in [-0.2, 0) is 17.1 Å². The van der Waals surface area contributed by atoms with E-state index in [4.69, 9.17) is 5.73 Å². The molecule has 0 bridgehead atoms. The Morgan fingerprint density at radius 3 is 2.75 bits per heavy atom. The molecule has 2 heterocycles. The molecule has 3 N–H and O–H groups in total. The summed E-state index contributed by atoms with van der Waals surface area (Å²) in [6.45, 7) is 0. The van der Waals surface area contributed by atoms with Crippen LogP contribution in [0, 0.1) is 0 Å². The van der Waals surface area contributed by atoms with Crippen LogP contribution in [0.4, 0.5) is 11.8 Å². The predicted octanol–water partition coefficient (Wildman–Crippen LogP) is -0.0165. The molecule has 0 radical (unpaired) electrons. The smallest absolute Gasteiger partial charge is 0.225 e. The lowest BCUT2D eigenvalue weighted by Crippen LogP contribution is -2.44. The molecule has 2 aromatic heterocycles. The van der Waals surface area contributed by atoms with E-state index in [1.165, 1.54) is 0 Å². The second-order valence-corrected chi connectivity index (χ2v) is 6.76. The van der Waals surface area contributed by atoms with E-state index in [1.54, 1.807) is 5.01 Å². The minimum absolute atomic E-state index is 0.113. The summed E-state index contributed by atoms with van der Waals surface area (Å²) >= 11 is 0. The van der Waals surface area contributed by atoms with E-state index < -0.39 is 10.0 Å². The van der Waals surface area contributed by atoms with E-state index in [9.17, 15) is 8.42 Å². The molecule has 8 nitrogen and oxygen atoms in total. The van der Waals surface area contributed by atoms with Crippen molar-refractivity contribution in [1.29, 1.82) is 0 Å². The van der Waals surface area contributed by atoms with E-state index in [0.717, 1.165) is 24.5 Å². The molecule has 1 aliphatic carbocycles. The number of hydrazine groups is 1. The topological polar surface area (TPSA) is 106 Å². The summed E-state index contributed by atoms with van der Waals surface area (Å²) in [4.78, 5) is 10.9. The molecule has 0 atom stereocenters. The fourth-order valence-electron chi connectivity index (χ4n) is 2.12. The van der Waals surface area contributed by atoms with Gasteiger partial charge in [-0.15, -0.1) is 4.83 Å². The second kappa shape index (κ2) is 4.32. The van der Waals surface area contributed by atoms with Crippen LogP contribution in [0.2, 0.25) is 0 Å². The molecule has 0 saturated heterocycles. The van der Waals surface area contributed by atoms with Crippen molar-refractivity contribution in [2.45, 2.75) is 18.9 Å². The Bertz CT molecular complexity index is 765. The van der Waals surface area contributed by atoms with Crippen molar-refractivity contribution in [3.05, 3.63) is 12.3 Å². The average molecular weight is 296 g/mol. The number of rotatable bonds is 4. The van der Waals surface area contributed by atoms with Gasteiger partial charge in [0.25, 0.3) is 0 Å². The van der Waals surface area contributed by atoms with Crippen LogP contribution < -0.4 is 15.6 Å². The molecule has 20 heavy (non-hydrogen) atoms. The highest BCUT2D eigenvalue weighted by molar-refractivity contribution is 7.88. The summed E-state index contributed by atoms with van der Waals surface area (Å²) in [5.74, 6) is 0.622. The van der Waals surface area contributed by atoms with Gasteiger partial charge in [0.2, 0.25) is 16.0 Å². The van der Waals surface area contributed by atoms with Gasteiger partial charge in [-0.05, 0) is 18.9 Å². The Hall–Kier alpha value is -1.87. The third-order valence-corrected chi connectivity index (χ3v) is 3.65. The van der Waals surface area contributed by atoms with Crippen molar-refractivity contribution in [1.82, 2.24) is 19.4 Å². The zero-order valence-corrected chi connectivity index (χ0v) is 12.1. The molecule has 108 valence electrons. The summed E-state index contributed by atoms with van der Waals surface area (Å²) in [7, 11) is -1.53. The van der Waals surface area contributed by atoms with Crippen LogP contribution in [0.1, 0.15) is 12.8 Å². The first kappa shape index (κ1) is 13.1. The maximum Gasteiger partial charge on any atom is 0.225 e. The summed E-state index contributed by atoms with van der Waals surface area (Å²) in [6.07, 6.45) is 4.80. The lowest BCUT2D eigenvalue weighted by Gasteiger charge is -2.23. The third kappa shape index (κ3) is 2.41. The van der Waals surface area contributed by atoms with Gasteiger partial charge in [0, 0.05) is 19.3 Å². The highest BCUT2D eigenvalue weighted by Crippen LogP contribution is 2.33. The Kier molecular flexibility index (Phi) is 2.83. The zero-order valence-electron chi connectivity index (χ0n) is 11.2. The molecule has 3 rings (SSSR count). The number of hydrogen-bond donors (Lipinski definition) is 2. The molecule has 9 heteroatoms. The van der Waals surface area contributed by atoms with Crippen LogP contribution >= 0.6 is 0 Å². The molecule has 0 amide bonds. The minimum Gasteiger partial charge on any atom is -0.368 e. The fraction of sp³-hybridized carbons (Fsp3) is 0.455. The normalized spacial score (nSPS) is 15.7. The fourth-order valence-corrected chi connectivity index (χ4v) is 2.72. The highest BCUT2D eigenvalue weighted by atomic mass is 32.2. The third-order valence-electron chi connectivity index (χ3n) is 3.13. The van der Waals surface area contributed by atoms with E-state index in [1.807, 2.05) is 23.9 Å². The van der Waals surface area contributed by atoms with Crippen LogP contribution in [0.25, 0.3) is 11.0 Å². The molecule has 1 aliphatic rings. The number of nitrogens with zero attached hydrogens (tertiary/aromatic N) is 4. The first-order chi connectivity index (χ1) is 9.35. The van der Waals surface area contributed by atoms with Crippen molar-refractivity contribution >= 4 is 32.8 Å². The van der Waals surface area contributed by atoms with Gasteiger partial charge >= 0.3 is 0 Å². The van der Waals surface area contributed by atoms with Crippen LogP contribution in [0.5, 0.6) is 0 Å². The number of nitrogen functional groups attached to an aromatic ring is 1. The molecule has 0 spiro atoms. The molecule has 1 fully saturated rings. The Morgan fingerprint density at radius 2 is 2.15 bits per heavy atom. The van der Waals surface area contributed by atoms with E-state index >= 15 is 0 Å². The molecule has 0 aliphatic heterocycles. The number of sulfonamides is 1. The van der Waals surface area contributed by atoms with Crippen molar-refractivity contribution in [3.8, 4) is 0 Å². The van der Waals surface area contributed by atoms with E-state index in [0.29, 0.717) is 11.5 Å². The number of hydrogen-bond acceptors (Lipinski definition) is 6. The number of fused-ring (bicyclic) bond motifs is 1. The second-order valence-electron chi connectivity index (χ2n) is 5.03. The van der Waals surface area contributed by atoms with Crippen molar-refractivity contribution in [2.24, 2.45) is 7.05 Å². The van der Waals surface area contributed by atoms with Gasteiger partial charge in [-0.3, -0.25) is 5.01 Å².